The average molecular weight is 362 g/mol. The fraction of sp³-hybridized carbons (Fsp3) is 0.176. The van der Waals surface area contributed by atoms with E-state index >= 15 is 0 Å². The molecule has 0 bridgehead atoms. The number of carbonyl (C=O) groups is 1. The summed E-state index contributed by atoms with van der Waals surface area (Å²) in [6.07, 6.45) is 0. The van der Waals surface area contributed by atoms with Crippen LogP contribution in [0.3, 0.4) is 0 Å². The Hall–Kier alpha value is -2.74. The minimum atomic E-state index is -3.65. The van der Waals surface area contributed by atoms with E-state index in [1.807, 2.05) is 0 Å². The van der Waals surface area contributed by atoms with Gasteiger partial charge in [-0.1, -0.05) is 24.3 Å². The Morgan fingerprint density at radius 2 is 1.88 bits per heavy atom. The van der Waals surface area contributed by atoms with Crippen molar-refractivity contribution in [1.29, 1.82) is 0 Å². The smallest absolute Gasteiger partial charge is 0.330 e. The third-order valence-electron chi connectivity index (χ3n) is 3.62. The molecular weight excluding hydrogens is 347 g/mol. The maximum absolute atomic E-state index is 12.8. The average Bonchev–Trinajstić information content (AvgIpc) is 2.85. The minimum absolute atomic E-state index is 0.0172. The van der Waals surface area contributed by atoms with E-state index in [1.54, 1.807) is 18.2 Å². The zero-order valence-corrected chi connectivity index (χ0v) is 14.1. The van der Waals surface area contributed by atoms with E-state index in [0.29, 0.717) is 11.1 Å². The van der Waals surface area contributed by atoms with Crippen LogP contribution in [-0.2, 0) is 26.2 Å². The molecule has 1 heterocycles. The Morgan fingerprint density at radius 1 is 1.20 bits per heavy atom. The van der Waals surface area contributed by atoms with Crippen molar-refractivity contribution in [1.82, 2.24) is 4.72 Å². The maximum atomic E-state index is 12.8. The summed E-state index contributed by atoms with van der Waals surface area (Å²) in [5, 5.41) is 0. The van der Waals surface area contributed by atoms with E-state index in [1.165, 1.54) is 37.3 Å². The fourth-order valence-electron chi connectivity index (χ4n) is 2.33. The summed E-state index contributed by atoms with van der Waals surface area (Å²) in [7, 11) is -3.65. The monoisotopic (exact) mass is 362 g/mol. The lowest BCUT2D eigenvalue weighted by molar-refractivity contribution is -0.146. The topological polar surface area (TPSA) is 84.8 Å². The van der Waals surface area contributed by atoms with Gasteiger partial charge in [0.25, 0.3) is 10.0 Å². The van der Waals surface area contributed by atoms with Crippen LogP contribution in [0.2, 0.25) is 0 Å². The minimum Gasteiger partial charge on any atom is -0.459 e. The molecule has 6 nitrogen and oxygen atoms in total. The van der Waals surface area contributed by atoms with Gasteiger partial charge in [0, 0.05) is 5.56 Å². The summed E-state index contributed by atoms with van der Waals surface area (Å²) >= 11 is 0. The highest BCUT2D eigenvalue weighted by Gasteiger charge is 2.31. The summed E-state index contributed by atoms with van der Waals surface area (Å²) < 4.78 is 44.3. The lowest BCUT2D eigenvalue weighted by atomic mass is 10.2. The summed E-state index contributed by atoms with van der Waals surface area (Å²) in [5.74, 6) is -0.871. The molecule has 0 unspecified atom stereocenters. The van der Waals surface area contributed by atoms with Crippen molar-refractivity contribution < 1.29 is 22.3 Å². The van der Waals surface area contributed by atoms with Gasteiger partial charge in [-0.2, -0.15) is 0 Å². The van der Waals surface area contributed by atoms with Crippen LogP contribution in [0.5, 0.6) is 0 Å². The van der Waals surface area contributed by atoms with Crippen molar-refractivity contribution in [3.63, 3.8) is 0 Å². The van der Waals surface area contributed by atoms with Crippen molar-refractivity contribution in [3.8, 4) is 0 Å². The molecule has 0 amide bonds. The molecule has 1 N–H and O–H groups in total. The van der Waals surface area contributed by atoms with Crippen molar-refractivity contribution in [2.24, 2.45) is 4.99 Å². The first-order valence-electron chi connectivity index (χ1n) is 7.48. The molecule has 2 aromatic carbocycles. The Kier molecular flexibility index (Phi) is 4.54. The molecule has 1 aliphatic rings. The number of ether oxygens (including phenoxy) is 1. The fourth-order valence-corrected chi connectivity index (χ4v) is 3.57. The highest BCUT2D eigenvalue weighted by Crippen LogP contribution is 2.22. The van der Waals surface area contributed by atoms with E-state index in [9.17, 15) is 17.6 Å². The number of fused-ring (bicyclic) bond motifs is 1. The third kappa shape index (κ3) is 3.69. The van der Waals surface area contributed by atoms with Gasteiger partial charge in [-0.3, -0.25) is 9.71 Å². The molecule has 0 spiro atoms. The van der Waals surface area contributed by atoms with Gasteiger partial charge in [0.05, 0.1) is 4.90 Å². The van der Waals surface area contributed by atoms with Crippen LogP contribution >= 0.6 is 0 Å². The Balaban J connectivity index is 1.71. The molecule has 130 valence electrons. The molecule has 0 fully saturated rings. The number of hydrogen-bond acceptors (Lipinski definition) is 5. The molecule has 3 rings (SSSR count). The van der Waals surface area contributed by atoms with Crippen LogP contribution in [-0.4, -0.2) is 26.3 Å². The van der Waals surface area contributed by atoms with Crippen LogP contribution in [0, 0.1) is 5.82 Å². The number of benzene rings is 2. The molecule has 1 aliphatic heterocycles. The number of aliphatic imine (C=N–C) groups is 1. The summed E-state index contributed by atoms with van der Waals surface area (Å²) in [6, 6.07) is 11.1. The summed E-state index contributed by atoms with van der Waals surface area (Å²) in [4.78, 5) is 16.3. The number of esters is 1. The number of amidine groups is 1. The molecule has 2 aromatic rings. The van der Waals surface area contributed by atoms with Gasteiger partial charge in [-0.05, 0) is 36.8 Å². The predicted molar refractivity (Wildman–Crippen MR) is 89.0 cm³/mol. The second-order valence-corrected chi connectivity index (χ2v) is 7.14. The van der Waals surface area contributed by atoms with Gasteiger partial charge < -0.3 is 4.74 Å². The van der Waals surface area contributed by atoms with Gasteiger partial charge >= 0.3 is 5.97 Å². The Morgan fingerprint density at radius 3 is 2.60 bits per heavy atom. The lowest BCUT2D eigenvalue weighted by Gasteiger charge is -2.09. The molecule has 0 radical (unpaired) electrons. The predicted octanol–water partition coefficient (Wildman–Crippen LogP) is 2.00. The van der Waals surface area contributed by atoms with E-state index in [0.717, 1.165) is 0 Å². The van der Waals surface area contributed by atoms with Gasteiger partial charge in [-0.25, -0.2) is 17.6 Å². The summed E-state index contributed by atoms with van der Waals surface area (Å²) in [6.45, 7) is 1.49. The Labute approximate surface area is 144 Å². The van der Waals surface area contributed by atoms with Crippen molar-refractivity contribution in [2.45, 2.75) is 24.5 Å². The number of nitrogens with zero attached hydrogens (tertiary/aromatic N) is 1. The van der Waals surface area contributed by atoms with Crippen LogP contribution in [0.15, 0.2) is 58.4 Å². The van der Waals surface area contributed by atoms with Gasteiger partial charge in [-0.15, -0.1) is 0 Å². The first kappa shape index (κ1) is 17.1. The zero-order valence-electron chi connectivity index (χ0n) is 13.3. The molecule has 25 heavy (non-hydrogen) atoms. The Bertz CT molecular complexity index is 939. The van der Waals surface area contributed by atoms with Crippen LogP contribution in [0.25, 0.3) is 0 Å². The van der Waals surface area contributed by atoms with Gasteiger partial charge in [0.1, 0.15) is 24.3 Å². The first-order valence-corrected chi connectivity index (χ1v) is 8.96. The molecular formula is C17H15FN2O4S. The largest absolute Gasteiger partial charge is 0.459 e. The van der Waals surface area contributed by atoms with Crippen molar-refractivity contribution >= 4 is 21.8 Å². The number of nitrogens with one attached hydrogen (secondary N) is 1. The number of rotatable bonds is 4. The van der Waals surface area contributed by atoms with E-state index in [4.69, 9.17) is 4.74 Å². The summed E-state index contributed by atoms with van der Waals surface area (Å²) in [5.41, 5.74) is 1.06. The second kappa shape index (κ2) is 6.64. The van der Waals surface area contributed by atoms with Crippen LogP contribution in [0.4, 0.5) is 4.39 Å². The quantitative estimate of drug-likeness (QED) is 0.843. The van der Waals surface area contributed by atoms with E-state index in [2.05, 4.69) is 9.71 Å². The molecule has 1 atom stereocenters. The number of sulfonamides is 1. The van der Waals surface area contributed by atoms with E-state index < -0.39 is 22.0 Å². The standard InChI is InChI=1S/C17H15FN2O4S/c1-11(17(21)24-10-12-6-8-13(18)9-7-12)19-16-14-4-2-3-5-15(14)25(22,23)20-16/h2-9,11H,10H2,1H3,(H,19,20)/t11-/m0/s1. The normalized spacial score (nSPS) is 17.6. The maximum Gasteiger partial charge on any atom is 0.330 e. The highest BCUT2D eigenvalue weighted by molar-refractivity contribution is 7.90. The first-order chi connectivity index (χ1) is 11.9. The molecule has 8 heteroatoms. The van der Waals surface area contributed by atoms with Crippen molar-refractivity contribution in [2.75, 3.05) is 0 Å². The molecule has 0 aromatic heterocycles. The van der Waals surface area contributed by atoms with Gasteiger partial charge in [0.15, 0.2) is 0 Å². The van der Waals surface area contributed by atoms with Crippen LogP contribution < -0.4 is 4.72 Å². The van der Waals surface area contributed by atoms with Gasteiger partial charge in [0.2, 0.25) is 0 Å². The van der Waals surface area contributed by atoms with E-state index in [-0.39, 0.29) is 23.2 Å². The second-order valence-electron chi connectivity index (χ2n) is 5.49. The molecule has 0 saturated heterocycles. The number of hydrogen-bond donors (Lipinski definition) is 1. The third-order valence-corrected chi connectivity index (χ3v) is 5.02. The number of halogens is 1. The highest BCUT2D eigenvalue weighted by atomic mass is 32.2. The molecule has 0 saturated carbocycles. The zero-order chi connectivity index (χ0) is 18.0. The van der Waals surface area contributed by atoms with Crippen LogP contribution in [0.1, 0.15) is 18.1 Å². The lowest BCUT2D eigenvalue weighted by Crippen LogP contribution is -2.26. The number of carbonyl (C=O) groups excluding carboxylic acids is 1. The SMILES string of the molecule is C[C@H](N=C1NS(=O)(=O)c2ccccc21)C(=O)OCc1ccc(F)cc1. The molecule has 0 aliphatic carbocycles. The van der Waals surface area contributed by atoms with Crippen molar-refractivity contribution in [3.05, 3.63) is 65.5 Å².